The molecule has 1 aromatic rings. The predicted octanol–water partition coefficient (Wildman–Crippen LogP) is 2.42. The van der Waals surface area contributed by atoms with Crippen LogP contribution in [0.5, 0.6) is 0 Å². The molecule has 0 aliphatic rings. The number of rotatable bonds is 5. The van der Waals surface area contributed by atoms with Gasteiger partial charge in [-0.15, -0.1) is 0 Å². The molecule has 0 spiro atoms. The highest BCUT2D eigenvalue weighted by Gasteiger charge is 2.07. The standard InChI is InChI=1S/C13H22N2/c1-4-15-13(9-14)12-7-5-11(6-8-12)10(2)3/h5-8,10,13,15H,4,9,14H2,1-3H3. The molecule has 15 heavy (non-hydrogen) atoms. The van der Waals surface area contributed by atoms with Crippen LogP contribution < -0.4 is 11.1 Å². The first-order valence-electron chi connectivity index (χ1n) is 5.72. The van der Waals surface area contributed by atoms with Crippen LogP contribution in [0.2, 0.25) is 0 Å². The summed E-state index contributed by atoms with van der Waals surface area (Å²) >= 11 is 0. The van der Waals surface area contributed by atoms with Crippen molar-refractivity contribution in [2.75, 3.05) is 13.1 Å². The van der Waals surface area contributed by atoms with Crippen molar-refractivity contribution in [2.24, 2.45) is 5.73 Å². The number of likely N-dealkylation sites (N-methyl/N-ethyl adjacent to an activating group) is 1. The summed E-state index contributed by atoms with van der Waals surface area (Å²) in [5.41, 5.74) is 8.39. The van der Waals surface area contributed by atoms with Gasteiger partial charge in [0.25, 0.3) is 0 Å². The van der Waals surface area contributed by atoms with E-state index in [1.807, 2.05) is 0 Å². The Morgan fingerprint density at radius 3 is 2.07 bits per heavy atom. The second kappa shape index (κ2) is 5.89. The van der Waals surface area contributed by atoms with Crippen molar-refractivity contribution >= 4 is 0 Å². The van der Waals surface area contributed by atoms with Gasteiger partial charge in [-0.3, -0.25) is 0 Å². The molecule has 0 amide bonds. The summed E-state index contributed by atoms with van der Waals surface area (Å²) in [5, 5.41) is 3.37. The lowest BCUT2D eigenvalue weighted by Gasteiger charge is -2.16. The fourth-order valence-corrected chi connectivity index (χ4v) is 1.70. The molecule has 0 aliphatic heterocycles. The Morgan fingerprint density at radius 1 is 1.13 bits per heavy atom. The number of benzene rings is 1. The van der Waals surface area contributed by atoms with Crippen LogP contribution in [-0.2, 0) is 0 Å². The first-order valence-corrected chi connectivity index (χ1v) is 5.72. The highest BCUT2D eigenvalue weighted by atomic mass is 14.9. The van der Waals surface area contributed by atoms with Crippen LogP contribution in [-0.4, -0.2) is 13.1 Å². The Balaban J connectivity index is 2.77. The SMILES string of the molecule is CCNC(CN)c1ccc(C(C)C)cc1. The van der Waals surface area contributed by atoms with E-state index in [4.69, 9.17) is 5.73 Å². The third-order valence-corrected chi connectivity index (χ3v) is 2.69. The normalized spacial score (nSPS) is 13.1. The Labute approximate surface area is 92.9 Å². The molecule has 0 aromatic heterocycles. The minimum absolute atomic E-state index is 0.288. The van der Waals surface area contributed by atoms with Gasteiger partial charge < -0.3 is 11.1 Å². The van der Waals surface area contributed by atoms with Gasteiger partial charge in [-0.05, 0) is 23.6 Å². The molecule has 1 rings (SSSR count). The van der Waals surface area contributed by atoms with Crippen molar-refractivity contribution in [2.45, 2.75) is 32.7 Å². The van der Waals surface area contributed by atoms with Gasteiger partial charge in [0.1, 0.15) is 0 Å². The van der Waals surface area contributed by atoms with E-state index in [0.717, 1.165) is 6.54 Å². The highest BCUT2D eigenvalue weighted by Crippen LogP contribution is 2.18. The fraction of sp³-hybridized carbons (Fsp3) is 0.538. The first-order chi connectivity index (χ1) is 7.19. The molecule has 0 fully saturated rings. The molecule has 3 N–H and O–H groups in total. The first kappa shape index (κ1) is 12.2. The summed E-state index contributed by atoms with van der Waals surface area (Å²) in [6.45, 7) is 8.12. The van der Waals surface area contributed by atoms with Crippen molar-refractivity contribution < 1.29 is 0 Å². The van der Waals surface area contributed by atoms with Crippen molar-refractivity contribution in [1.29, 1.82) is 0 Å². The predicted molar refractivity (Wildman–Crippen MR) is 66.0 cm³/mol. The van der Waals surface area contributed by atoms with Crippen LogP contribution in [0.1, 0.15) is 43.9 Å². The molecule has 2 nitrogen and oxygen atoms in total. The van der Waals surface area contributed by atoms with Gasteiger partial charge in [0.2, 0.25) is 0 Å². The second-order valence-corrected chi connectivity index (χ2v) is 4.17. The molecule has 0 saturated heterocycles. The fourth-order valence-electron chi connectivity index (χ4n) is 1.70. The van der Waals surface area contributed by atoms with E-state index in [1.54, 1.807) is 0 Å². The lowest BCUT2D eigenvalue weighted by atomic mass is 9.99. The van der Waals surface area contributed by atoms with Crippen molar-refractivity contribution in [3.8, 4) is 0 Å². The van der Waals surface area contributed by atoms with E-state index in [9.17, 15) is 0 Å². The lowest BCUT2D eigenvalue weighted by molar-refractivity contribution is 0.561. The Kier molecular flexibility index (Phi) is 4.79. The van der Waals surface area contributed by atoms with Gasteiger partial charge >= 0.3 is 0 Å². The largest absolute Gasteiger partial charge is 0.329 e. The highest BCUT2D eigenvalue weighted by molar-refractivity contribution is 5.27. The van der Waals surface area contributed by atoms with Crippen LogP contribution in [0, 0.1) is 0 Å². The second-order valence-electron chi connectivity index (χ2n) is 4.17. The van der Waals surface area contributed by atoms with Crippen LogP contribution in [0.15, 0.2) is 24.3 Å². The van der Waals surface area contributed by atoms with Gasteiger partial charge in [-0.25, -0.2) is 0 Å². The van der Waals surface area contributed by atoms with Gasteiger partial charge in [-0.2, -0.15) is 0 Å². The van der Waals surface area contributed by atoms with Gasteiger partial charge in [0, 0.05) is 12.6 Å². The third-order valence-electron chi connectivity index (χ3n) is 2.69. The smallest absolute Gasteiger partial charge is 0.0444 e. The molecule has 1 unspecified atom stereocenters. The van der Waals surface area contributed by atoms with Crippen molar-refractivity contribution in [1.82, 2.24) is 5.32 Å². The molecule has 0 saturated carbocycles. The van der Waals surface area contributed by atoms with E-state index in [1.165, 1.54) is 11.1 Å². The molecular formula is C13H22N2. The minimum atomic E-state index is 0.288. The molecular weight excluding hydrogens is 184 g/mol. The Hall–Kier alpha value is -0.860. The zero-order valence-corrected chi connectivity index (χ0v) is 9.96. The summed E-state index contributed by atoms with van der Waals surface area (Å²) in [6.07, 6.45) is 0. The molecule has 2 heteroatoms. The van der Waals surface area contributed by atoms with Crippen LogP contribution in [0.3, 0.4) is 0 Å². The van der Waals surface area contributed by atoms with E-state index < -0.39 is 0 Å². The summed E-state index contributed by atoms with van der Waals surface area (Å²) in [5.74, 6) is 0.592. The van der Waals surface area contributed by atoms with Crippen LogP contribution in [0.25, 0.3) is 0 Å². The van der Waals surface area contributed by atoms with Crippen LogP contribution >= 0.6 is 0 Å². The Bertz CT molecular complexity index is 277. The van der Waals surface area contributed by atoms with E-state index >= 15 is 0 Å². The summed E-state index contributed by atoms with van der Waals surface area (Å²) in [7, 11) is 0. The molecule has 0 aliphatic carbocycles. The van der Waals surface area contributed by atoms with E-state index in [0.29, 0.717) is 12.5 Å². The topological polar surface area (TPSA) is 38.0 Å². The van der Waals surface area contributed by atoms with Crippen molar-refractivity contribution in [3.05, 3.63) is 35.4 Å². The lowest BCUT2D eigenvalue weighted by Crippen LogP contribution is -2.27. The number of hydrogen-bond acceptors (Lipinski definition) is 2. The minimum Gasteiger partial charge on any atom is -0.329 e. The van der Waals surface area contributed by atoms with Gasteiger partial charge in [0.05, 0.1) is 0 Å². The quantitative estimate of drug-likeness (QED) is 0.776. The average Bonchev–Trinajstić information content (AvgIpc) is 2.26. The third kappa shape index (κ3) is 3.33. The molecule has 0 bridgehead atoms. The van der Waals surface area contributed by atoms with E-state index in [-0.39, 0.29) is 6.04 Å². The molecule has 1 atom stereocenters. The zero-order chi connectivity index (χ0) is 11.3. The average molecular weight is 206 g/mol. The maximum absolute atomic E-state index is 5.73. The van der Waals surface area contributed by atoms with Crippen molar-refractivity contribution in [3.63, 3.8) is 0 Å². The maximum Gasteiger partial charge on any atom is 0.0444 e. The molecule has 1 aromatic carbocycles. The Morgan fingerprint density at radius 2 is 1.67 bits per heavy atom. The summed E-state index contributed by atoms with van der Waals surface area (Å²) < 4.78 is 0. The summed E-state index contributed by atoms with van der Waals surface area (Å²) in [4.78, 5) is 0. The number of nitrogens with one attached hydrogen (secondary N) is 1. The zero-order valence-electron chi connectivity index (χ0n) is 9.96. The molecule has 0 radical (unpaired) electrons. The van der Waals surface area contributed by atoms with Gasteiger partial charge in [-0.1, -0.05) is 45.0 Å². The van der Waals surface area contributed by atoms with E-state index in [2.05, 4.69) is 50.4 Å². The summed E-state index contributed by atoms with van der Waals surface area (Å²) in [6, 6.07) is 9.03. The molecule has 0 heterocycles. The number of hydrogen-bond donors (Lipinski definition) is 2. The monoisotopic (exact) mass is 206 g/mol. The molecule has 84 valence electrons. The van der Waals surface area contributed by atoms with Crippen LogP contribution in [0.4, 0.5) is 0 Å². The van der Waals surface area contributed by atoms with Gasteiger partial charge in [0.15, 0.2) is 0 Å². The number of nitrogens with two attached hydrogens (primary N) is 1. The maximum atomic E-state index is 5.73.